The van der Waals surface area contributed by atoms with Crippen molar-refractivity contribution in [1.29, 1.82) is 0 Å². The molecule has 1 aromatic carbocycles. The van der Waals surface area contributed by atoms with E-state index >= 15 is 0 Å². The summed E-state index contributed by atoms with van der Waals surface area (Å²) < 4.78 is 59.8. The van der Waals surface area contributed by atoms with Crippen LogP contribution in [0.1, 0.15) is 22.1 Å². The Morgan fingerprint density at radius 2 is 1.82 bits per heavy atom. The van der Waals surface area contributed by atoms with Crippen molar-refractivity contribution in [2.24, 2.45) is 0 Å². The van der Waals surface area contributed by atoms with Crippen molar-refractivity contribution in [1.82, 2.24) is 24.7 Å². The Bertz CT molecular complexity index is 1310. The number of hydrogen-bond donors (Lipinski definition) is 0. The molecule has 0 bridgehead atoms. The van der Waals surface area contributed by atoms with Crippen molar-refractivity contribution in [3.05, 3.63) is 64.8 Å². The van der Waals surface area contributed by atoms with Crippen LogP contribution >= 0.6 is 11.3 Å². The molecule has 39 heavy (non-hydrogen) atoms. The van der Waals surface area contributed by atoms with Gasteiger partial charge in [0, 0.05) is 62.3 Å². The molecule has 0 N–H and O–H groups in total. The summed E-state index contributed by atoms with van der Waals surface area (Å²) in [6.45, 7) is 4.85. The maximum atomic E-state index is 13.9. The maximum Gasteiger partial charge on any atom is 0.429 e. The SMILES string of the molecule is O=C(/C=C/CN1CCN(CCF)CC1)N1CCc2c(sc3ncnc(O[C@@H](c4ccccc4)C(F)(F)F)c23)C1. The highest BCUT2D eigenvalue weighted by atomic mass is 32.1. The van der Waals surface area contributed by atoms with Crippen LogP contribution in [0.2, 0.25) is 0 Å². The lowest BCUT2D eigenvalue weighted by molar-refractivity contribution is -0.198. The van der Waals surface area contributed by atoms with Gasteiger partial charge in [0.1, 0.15) is 17.8 Å². The molecule has 0 saturated carbocycles. The van der Waals surface area contributed by atoms with Crippen LogP contribution in [0.15, 0.2) is 48.8 Å². The number of carbonyl (C=O) groups excluding carboxylic acids is 1. The van der Waals surface area contributed by atoms with E-state index < -0.39 is 12.3 Å². The Kier molecular flexibility index (Phi) is 8.43. The average Bonchev–Trinajstić information content (AvgIpc) is 3.31. The number of aromatic nitrogens is 2. The molecule has 0 radical (unpaired) electrons. The first-order chi connectivity index (χ1) is 18.8. The van der Waals surface area contributed by atoms with Crippen LogP contribution in [0.5, 0.6) is 5.88 Å². The van der Waals surface area contributed by atoms with Crippen LogP contribution < -0.4 is 4.74 Å². The predicted octanol–water partition coefficient (Wildman–Crippen LogP) is 4.40. The zero-order valence-electron chi connectivity index (χ0n) is 21.2. The number of amides is 1. The Balaban J connectivity index is 1.27. The zero-order valence-corrected chi connectivity index (χ0v) is 22.1. The molecule has 4 heterocycles. The van der Waals surface area contributed by atoms with E-state index in [0.717, 1.165) is 36.6 Å². The molecule has 1 atom stereocenters. The molecule has 2 aliphatic rings. The molecule has 1 fully saturated rings. The summed E-state index contributed by atoms with van der Waals surface area (Å²) in [7, 11) is 0. The number of benzene rings is 1. The zero-order chi connectivity index (χ0) is 27.4. The molecule has 7 nitrogen and oxygen atoms in total. The van der Waals surface area contributed by atoms with Gasteiger partial charge < -0.3 is 9.64 Å². The standard InChI is InChI=1S/C27H29F4N5O2S/c28-9-12-35-15-13-34(14-16-35)10-4-7-22(37)36-11-8-20-21(17-36)39-26-23(20)25(32-18-33-26)38-24(27(29,30)31)19-5-2-1-3-6-19/h1-7,18,24H,8-17H2/b7-4+/t24-/m0/s1. The number of alkyl halides is 4. The van der Waals surface area contributed by atoms with Gasteiger partial charge in [-0.2, -0.15) is 13.2 Å². The third kappa shape index (κ3) is 6.39. The summed E-state index contributed by atoms with van der Waals surface area (Å²) in [5, 5.41) is 0.484. The van der Waals surface area contributed by atoms with E-state index in [1.165, 1.54) is 41.9 Å². The number of halogens is 4. The quantitative estimate of drug-likeness (QED) is 0.299. The van der Waals surface area contributed by atoms with Crippen molar-refractivity contribution in [2.45, 2.75) is 25.2 Å². The summed E-state index contributed by atoms with van der Waals surface area (Å²) in [6.07, 6.45) is -1.68. The molecule has 0 unspecified atom stereocenters. The predicted molar refractivity (Wildman–Crippen MR) is 140 cm³/mol. The maximum absolute atomic E-state index is 13.9. The normalized spacial score (nSPS) is 18.0. The molecular weight excluding hydrogens is 534 g/mol. The molecule has 208 valence electrons. The molecule has 3 aromatic rings. The monoisotopic (exact) mass is 563 g/mol. The summed E-state index contributed by atoms with van der Waals surface area (Å²) in [5.74, 6) is -0.215. The Hall–Kier alpha value is -3.09. The van der Waals surface area contributed by atoms with E-state index in [1.807, 2.05) is 6.08 Å². The lowest BCUT2D eigenvalue weighted by Gasteiger charge is -2.33. The molecule has 2 aliphatic heterocycles. The van der Waals surface area contributed by atoms with Crippen LogP contribution in [0, 0.1) is 0 Å². The second kappa shape index (κ2) is 12.0. The van der Waals surface area contributed by atoms with Crippen LogP contribution in [0.3, 0.4) is 0 Å². The number of carbonyl (C=O) groups is 1. The van der Waals surface area contributed by atoms with Gasteiger partial charge >= 0.3 is 6.18 Å². The molecule has 1 saturated heterocycles. The lowest BCUT2D eigenvalue weighted by Crippen LogP contribution is -2.46. The summed E-state index contributed by atoms with van der Waals surface area (Å²) in [5.41, 5.74) is 0.824. The fraction of sp³-hybridized carbons (Fsp3) is 0.444. The largest absolute Gasteiger partial charge is 0.459 e. The summed E-state index contributed by atoms with van der Waals surface area (Å²) in [4.78, 5) is 28.7. The number of fused-ring (bicyclic) bond motifs is 3. The molecule has 2 aromatic heterocycles. The van der Waals surface area contributed by atoms with E-state index in [0.29, 0.717) is 42.8 Å². The van der Waals surface area contributed by atoms with Gasteiger partial charge in [0.25, 0.3) is 0 Å². The van der Waals surface area contributed by atoms with Crippen LogP contribution in [0.4, 0.5) is 17.6 Å². The second-order valence-corrected chi connectivity index (χ2v) is 10.6. The van der Waals surface area contributed by atoms with Crippen molar-refractivity contribution in [3.63, 3.8) is 0 Å². The van der Waals surface area contributed by atoms with Crippen molar-refractivity contribution < 1.29 is 27.1 Å². The van der Waals surface area contributed by atoms with Crippen molar-refractivity contribution in [3.8, 4) is 5.88 Å². The highest BCUT2D eigenvalue weighted by molar-refractivity contribution is 7.18. The molecule has 0 spiro atoms. The van der Waals surface area contributed by atoms with Gasteiger partial charge in [0.2, 0.25) is 17.9 Å². The molecular formula is C27H29F4N5O2S. The number of nitrogens with zero attached hydrogens (tertiary/aromatic N) is 5. The van der Waals surface area contributed by atoms with Gasteiger partial charge in [0.05, 0.1) is 11.9 Å². The van der Waals surface area contributed by atoms with Gasteiger partial charge in [-0.3, -0.25) is 14.6 Å². The van der Waals surface area contributed by atoms with E-state index in [4.69, 9.17) is 4.74 Å². The van der Waals surface area contributed by atoms with Crippen LogP contribution in [0.25, 0.3) is 10.2 Å². The third-order valence-corrected chi connectivity index (χ3v) is 8.16. The third-order valence-electron chi connectivity index (χ3n) is 7.03. The number of rotatable bonds is 8. The number of thiophene rings is 1. The first-order valence-corrected chi connectivity index (χ1v) is 13.6. The number of ether oxygens (including phenoxy) is 1. The topological polar surface area (TPSA) is 61.8 Å². The average molecular weight is 564 g/mol. The molecule has 1 amide bonds. The lowest BCUT2D eigenvalue weighted by atomic mass is 10.0. The minimum Gasteiger partial charge on any atom is -0.459 e. The minimum absolute atomic E-state index is 0.00828. The summed E-state index contributed by atoms with van der Waals surface area (Å²) in [6, 6.07) is 7.48. The molecule has 5 rings (SSSR count). The molecule has 12 heteroatoms. The van der Waals surface area contributed by atoms with Gasteiger partial charge in [-0.1, -0.05) is 36.4 Å². The minimum atomic E-state index is -4.63. The number of hydrogen-bond acceptors (Lipinski definition) is 7. The van der Waals surface area contributed by atoms with Gasteiger partial charge in [-0.05, 0) is 12.0 Å². The highest BCUT2D eigenvalue weighted by Crippen LogP contribution is 2.42. The number of piperazine rings is 1. The van der Waals surface area contributed by atoms with E-state index in [9.17, 15) is 22.4 Å². The Morgan fingerprint density at radius 3 is 2.54 bits per heavy atom. The summed E-state index contributed by atoms with van der Waals surface area (Å²) >= 11 is 1.35. The first kappa shape index (κ1) is 27.5. The fourth-order valence-corrected chi connectivity index (χ4v) is 6.16. The van der Waals surface area contributed by atoms with Gasteiger partial charge in [-0.15, -0.1) is 11.3 Å². The fourth-order valence-electron chi connectivity index (χ4n) is 4.96. The van der Waals surface area contributed by atoms with E-state index in [1.54, 1.807) is 17.0 Å². The van der Waals surface area contributed by atoms with Crippen molar-refractivity contribution >= 4 is 27.5 Å². The Morgan fingerprint density at radius 1 is 1.08 bits per heavy atom. The van der Waals surface area contributed by atoms with Gasteiger partial charge in [0.15, 0.2) is 0 Å². The van der Waals surface area contributed by atoms with Crippen LogP contribution in [-0.4, -0.2) is 89.2 Å². The van der Waals surface area contributed by atoms with Gasteiger partial charge in [-0.25, -0.2) is 14.4 Å². The van der Waals surface area contributed by atoms with Crippen molar-refractivity contribution in [2.75, 3.05) is 52.5 Å². The van der Waals surface area contributed by atoms with E-state index in [2.05, 4.69) is 19.8 Å². The Labute approximate surface area is 227 Å². The van der Waals surface area contributed by atoms with E-state index in [-0.39, 0.29) is 24.0 Å². The second-order valence-electron chi connectivity index (χ2n) is 9.56. The first-order valence-electron chi connectivity index (χ1n) is 12.8. The van der Waals surface area contributed by atoms with Crippen LogP contribution in [-0.2, 0) is 17.8 Å². The molecule has 0 aliphatic carbocycles. The smallest absolute Gasteiger partial charge is 0.429 e. The highest BCUT2D eigenvalue weighted by Gasteiger charge is 2.44.